The van der Waals surface area contributed by atoms with Crippen molar-refractivity contribution in [3.05, 3.63) is 83.6 Å². The van der Waals surface area contributed by atoms with E-state index < -0.39 is 0 Å². The predicted molar refractivity (Wildman–Crippen MR) is 113 cm³/mol. The van der Waals surface area contributed by atoms with Crippen LogP contribution in [0.3, 0.4) is 0 Å². The normalized spacial score (nSPS) is 11.1. The lowest BCUT2D eigenvalue weighted by Gasteiger charge is -2.19. The summed E-state index contributed by atoms with van der Waals surface area (Å²) < 4.78 is 0. The van der Waals surface area contributed by atoms with E-state index in [1.165, 1.54) is 5.56 Å². The number of rotatable bonds is 4. The van der Waals surface area contributed by atoms with Crippen LogP contribution < -0.4 is 5.32 Å². The average Bonchev–Trinajstić information content (AvgIpc) is 2.67. The second kappa shape index (κ2) is 7.77. The van der Waals surface area contributed by atoms with Gasteiger partial charge in [-0.05, 0) is 59.4 Å². The van der Waals surface area contributed by atoms with Gasteiger partial charge >= 0.3 is 0 Å². The lowest BCUT2D eigenvalue weighted by atomic mass is 9.87. The summed E-state index contributed by atoms with van der Waals surface area (Å²) in [4.78, 5) is 28.4. The van der Waals surface area contributed by atoms with Crippen LogP contribution in [-0.2, 0) is 5.41 Å². The Kier molecular flexibility index (Phi) is 5.41. The second-order valence-electron chi connectivity index (χ2n) is 7.85. The number of anilines is 1. The van der Waals surface area contributed by atoms with Crippen LogP contribution in [0.25, 0.3) is 11.1 Å². The Morgan fingerprint density at radius 1 is 0.857 bits per heavy atom. The van der Waals surface area contributed by atoms with Crippen LogP contribution in [0.15, 0.2) is 66.9 Å². The molecule has 3 rings (SSSR count). The summed E-state index contributed by atoms with van der Waals surface area (Å²) in [5.41, 5.74) is 4.24. The Labute approximate surface area is 165 Å². The van der Waals surface area contributed by atoms with Gasteiger partial charge in [0.25, 0.3) is 5.91 Å². The average molecular weight is 372 g/mol. The maximum Gasteiger partial charge on any atom is 0.256 e. The fourth-order valence-corrected chi connectivity index (χ4v) is 2.91. The summed E-state index contributed by atoms with van der Waals surface area (Å²) in [6.07, 6.45) is 1.65. The van der Waals surface area contributed by atoms with Crippen LogP contribution in [0.2, 0.25) is 0 Å². The van der Waals surface area contributed by atoms with E-state index >= 15 is 0 Å². The number of hydrogen-bond donors (Lipinski definition) is 1. The van der Waals surface area contributed by atoms with E-state index in [1.54, 1.807) is 25.3 Å². The van der Waals surface area contributed by atoms with Gasteiger partial charge in [-0.1, -0.05) is 51.1 Å². The van der Waals surface area contributed by atoms with Crippen molar-refractivity contribution in [2.45, 2.75) is 33.1 Å². The maximum atomic E-state index is 12.6. The summed E-state index contributed by atoms with van der Waals surface area (Å²) >= 11 is 0. The summed E-state index contributed by atoms with van der Waals surface area (Å²) in [5, 5.41) is 2.85. The van der Waals surface area contributed by atoms with E-state index in [4.69, 9.17) is 0 Å². The molecular formula is C24H24N2O2. The SMILES string of the molecule is CC(=O)c1cccc(-c2ccnc(NC(=O)c3ccc(C(C)(C)C)cc3)c2)c1. The molecule has 1 amide bonds. The zero-order valence-electron chi connectivity index (χ0n) is 16.6. The molecule has 0 aliphatic rings. The lowest BCUT2D eigenvalue weighted by Crippen LogP contribution is -2.15. The Morgan fingerprint density at radius 2 is 1.54 bits per heavy atom. The minimum atomic E-state index is -0.206. The fraction of sp³-hybridized carbons (Fsp3) is 0.208. The highest BCUT2D eigenvalue weighted by Crippen LogP contribution is 2.24. The summed E-state index contributed by atoms with van der Waals surface area (Å²) in [5.74, 6) is 0.279. The van der Waals surface area contributed by atoms with Gasteiger partial charge in [0.05, 0.1) is 0 Å². The number of ketones is 1. The molecule has 0 aliphatic carbocycles. The topological polar surface area (TPSA) is 59.1 Å². The molecule has 0 saturated heterocycles. The molecule has 0 aliphatic heterocycles. The van der Waals surface area contributed by atoms with Gasteiger partial charge in [0.1, 0.15) is 5.82 Å². The van der Waals surface area contributed by atoms with Crippen molar-refractivity contribution in [2.24, 2.45) is 0 Å². The number of nitrogens with zero attached hydrogens (tertiary/aromatic N) is 1. The minimum Gasteiger partial charge on any atom is -0.307 e. The molecule has 0 fully saturated rings. The zero-order valence-corrected chi connectivity index (χ0v) is 16.6. The van der Waals surface area contributed by atoms with Gasteiger partial charge < -0.3 is 5.32 Å². The van der Waals surface area contributed by atoms with E-state index in [1.807, 2.05) is 48.5 Å². The first-order valence-electron chi connectivity index (χ1n) is 9.23. The maximum absolute atomic E-state index is 12.6. The third-order valence-electron chi connectivity index (χ3n) is 4.62. The van der Waals surface area contributed by atoms with Gasteiger partial charge in [0.2, 0.25) is 0 Å². The quantitative estimate of drug-likeness (QED) is 0.615. The molecule has 0 spiro atoms. The van der Waals surface area contributed by atoms with Crippen molar-refractivity contribution in [3.63, 3.8) is 0 Å². The number of carbonyl (C=O) groups excluding carboxylic acids is 2. The number of aromatic nitrogens is 1. The number of carbonyl (C=O) groups is 2. The summed E-state index contributed by atoms with van der Waals surface area (Å²) in [6, 6.07) is 18.7. The zero-order chi connectivity index (χ0) is 20.3. The highest BCUT2D eigenvalue weighted by Gasteiger charge is 2.14. The van der Waals surface area contributed by atoms with E-state index in [-0.39, 0.29) is 17.1 Å². The molecule has 0 atom stereocenters. The summed E-state index contributed by atoms with van der Waals surface area (Å²) in [6.45, 7) is 7.96. The first kappa shape index (κ1) is 19.5. The molecule has 1 N–H and O–H groups in total. The van der Waals surface area contributed by atoms with Gasteiger partial charge in [0, 0.05) is 17.3 Å². The van der Waals surface area contributed by atoms with Crippen LogP contribution in [0.5, 0.6) is 0 Å². The molecular weight excluding hydrogens is 348 g/mol. The Hall–Kier alpha value is -3.27. The molecule has 4 nitrogen and oxygen atoms in total. The first-order valence-corrected chi connectivity index (χ1v) is 9.23. The van der Waals surface area contributed by atoms with Crippen LogP contribution in [0.4, 0.5) is 5.82 Å². The van der Waals surface area contributed by atoms with Gasteiger partial charge in [-0.3, -0.25) is 9.59 Å². The van der Waals surface area contributed by atoms with Crippen molar-refractivity contribution < 1.29 is 9.59 Å². The van der Waals surface area contributed by atoms with Crippen LogP contribution in [0, 0.1) is 0 Å². The van der Waals surface area contributed by atoms with Crippen molar-refractivity contribution >= 4 is 17.5 Å². The summed E-state index contributed by atoms with van der Waals surface area (Å²) in [7, 11) is 0. The standard InChI is InChI=1S/C24H24N2O2/c1-16(27)18-6-5-7-19(14-18)20-12-13-25-22(15-20)26-23(28)17-8-10-21(11-9-17)24(2,3)4/h5-15H,1-4H3,(H,25,26,28). The molecule has 0 bridgehead atoms. The monoisotopic (exact) mass is 372 g/mol. The molecule has 4 heteroatoms. The van der Waals surface area contributed by atoms with Crippen molar-refractivity contribution in [1.82, 2.24) is 4.98 Å². The van der Waals surface area contributed by atoms with Crippen LogP contribution in [-0.4, -0.2) is 16.7 Å². The Bertz CT molecular complexity index is 1020. The predicted octanol–water partition coefficient (Wildman–Crippen LogP) is 5.50. The Morgan fingerprint density at radius 3 is 2.18 bits per heavy atom. The van der Waals surface area contributed by atoms with Crippen molar-refractivity contribution in [2.75, 3.05) is 5.32 Å². The fourth-order valence-electron chi connectivity index (χ4n) is 2.91. The second-order valence-corrected chi connectivity index (χ2v) is 7.85. The molecule has 142 valence electrons. The van der Waals surface area contributed by atoms with E-state index in [9.17, 15) is 9.59 Å². The Balaban J connectivity index is 1.80. The molecule has 1 heterocycles. The van der Waals surface area contributed by atoms with Crippen molar-refractivity contribution in [3.8, 4) is 11.1 Å². The molecule has 3 aromatic rings. The molecule has 1 aromatic heterocycles. The van der Waals surface area contributed by atoms with Gasteiger partial charge in [-0.2, -0.15) is 0 Å². The van der Waals surface area contributed by atoms with Gasteiger partial charge in [-0.15, -0.1) is 0 Å². The third kappa shape index (κ3) is 4.52. The first-order chi connectivity index (χ1) is 13.2. The molecule has 0 radical (unpaired) electrons. The highest BCUT2D eigenvalue weighted by molar-refractivity contribution is 6.04. The van der Waals surface area contributed by atoms with Gasteiger partial charge in [-0.25, -0.2) is 4.98 Å². The molecule has 28 heavy (non-hydrogen) atoms. The number of amides is 1. The minimum absolute atomic E-state index is 0.0168. The number of benzene rings is 2. The lowest BCUT2D eigenvalue weighted by molar-refractivity contribution is 0.101. The van der Waals surface area contributed by atoms with E-state index in [0.717, 1.165) is 11.1 Å². The number of hydrogen-bond acceptors (Lipinski definition) is 3. The number of nitrogens with one attached hydrogen (secondary N) is 1. The number of pyridine rings is 1. The van der Waals surface area contributed by atoms with Crippen molar-refractivity contribution in [1.29, 1.82) is 0 Å². The van der Waals surface area contributed by atoms with E-state index in [0.29, 0.717) is 16.9 Å². The third-order valence-corrected chi connectivity index (χ3v) is 4.62. The van der Waals surface area contributed by atoms with E-state index in [2.05, 4.69) is 31.1 Å². The number of Topliss-reactive ketones (excluding diaryl/α,β-unsaturated/α-hetero) is 1. The molecule has 0 unspecified atom stereocenters. The largest absolute Gasteiger partial charge is 0.307 e. The van der Waals surface area contributed by atoms with Gasteiger partial charge in [0.15, 0.2) is 5.78 Å². The van der Waals surface area contributed by atoms with Crippen LogP contribution >= 0.6 is 0 Å². The molecule has 2 aromatic carbocycles. The highest BCUT2D eigenvalue weighted by atomic mass is 16.1. The smallest absolute Gasteiger partial charge is 0.256 e. The van der Waals surface area contributed by atoms with Crippen LogP contribution in [0.1, 0.15) is 54.0 Å². The molecule has 0 saturated carbocycles.